The summed E-state index contributed by atoms with van der Waals surface area (Å²) < 4.78 is 0. The topological polar surface area (TPSA) is 15.3 Å². The van der Waals surface area contributed by atoms with Crippen molar-refractivity contribution in [1.82, 2.24) is 10.2 Å². The van der Waals surface area contributed by atoms with E-state index in [1.807, 2.05) is 19.2 Å². The minimum atomic E-state index is 0.106. The molecule has 1 aliphatic carbocycles. The van der Waals surface area contributed by atoms with E-state index in [1.165, 1.54) is 22.3 Å². The standard InChI is InChI=1S/C30H41ClN2/c1-12-13-25-16-19(3)21(5)30(24(8)32-9)23(7)27(33(10)11)17-20(4)29-26(31)15-14-18(2)28(29)22(25)6/h12,14-16,19-20,27,32H,1,5-6,8,13,17H2,2-4,7,9-11H3/b25-16+,30-23+. The van der Waals surface area contributed by atoms with E-state index in [2.05, 4.69) is 90.5 Å². The summed E-state index contributed by atoms with van der Waals surface area (Å²) >= 11 is 6.86. The monoisotopic (exact) mass is 464 g/mol. The van der Waals surface area contributed by atoms with Crippen molar-refractivity contribution in [3.63, 3.8) is 0 Å². The quantitative estimate of drug-likeness (QED) is 0.446. The summed E-state index contributed by atoms with van der Waals surface area (Å²) in [5, 5.41) is 4.07. The molecule has 2 nitrogen and oxygen atoms in total. The summed E-state index contributed by atoms with van der Waals surface area (Å²) in [5.41, 5.74) is 10.1. The number of rotatable bonds is 5. The van der Waals surface area contributed by atoms with Gasteiger partial charge in [-0.3, -0.25) is 0 Å². The van der Waals surface area contributed by atoms with Crippen LogP contribution in [0.1, 0.15) is 56.2 Å². The lowest BCUT2D eigenvalue weighted by atomic mass is 9.78. The Hall–Kier alpha value is -2.29. The second-order valence-corrected chi connectivity index (χ2v) is 9.94. The number of aryl methyl sites for hydroxylation is 1. The van der Waals surface area contributed by atoms with Crippen molar-refractivity contribution >= 4 is 17.2 Å². The molecule has 0 saturated carbocycles. The van der Waals surface area contributed by atoms with E-state index < -0.39 is 0 Å². The van der Waals surface area contributed by atoms with Crippen LogP contribution < -0.4 is 5.32 Å². The highest BCUT2D eigenvalue weighted by Gasteiger charge is 2.28. The molecule has 0 radical (unpaired) electrons. The van der Waals surface area contributed by atoms with Gasteiger partial charge in [-0.25, -0.2) is 0 Å². The lowest BCUT2D eigenvalue weighted by Crippen LogP contribution is -2.32. The highest BCUT2D eigenvalue weighted by molar-refractivity contribution is 6.31. The Morgan fingerprint density at radius 2 is 1.85 bits per heavy atom. The van der Waals surface area contributed by atoms with Crippen LogP contribution in [-0.2, 0) is 0 Å². The third-order valence-corrected chi connectivity index (χ3v) is 7.30. The molecular weight excluding hydrogens is 424 g/mol. The molecule has 1 aromatic carbocycles. The highest BCUT2D eigenvalue weighted by Crippen LogP contribution is 2.42. The summed E-state index contributed by atoms with van der Waals surface area (Å²) in [5.74, 6) is 0.333. The predicted molar refractivity (Wildman–Crippen MR) is 148 cm³/mol. The molecule has 1 aromatic rings. The van der Waals surface area contributed by atoms with Crippen molar-refractivity contribution in [1.29, 1.82) is 0 Å². The van der Waals surface area contributed by atoms with Crippen molar-refractivity contribution in [3.8, 4) is 0 Å². The Morgan fingerprint density at radius 3 is 2.39 bits per heavy atom. The Balaban J connectivity index is 2.93. The number of nitrogens with one attached hydrogen (secondary N) is 1. The molecule has 2 rings (SSSR count). The fraction of sp³-hybridized carbons (Fsp3) is 0.400. The van der Waals surface area contributed by atoms with E-state index in [9.17, 15) is 0 Å². The molecule has 3 atom stereocenters. The van der Waals surface area contributed by atoms with Gasteiger partial charge in [0.25, 0.3) is 0 Å². The maximum absolute atomic E-state index is 6.86. The second-order valence-electron chi connectivity index (χ2n) is 9.53. The van der Waals surface area contributed by atoms with Gasteiger partial charge in [-0.2, -0.15) is 0 Å². The Kier molecular flexibility index (Phi) is 9.17. The van der Waals surface area contributed by atoms with Gasteiger partial charge < -0.3 is 10.2 Å². The van der Waals surface area contributed by atoms with Crippen LogP contribution in [0.2, 0.25) is 5.02 Å². The van der Waals surface area contributed by atoms with E-state index in [1.54, 1.807) is 0 Å². The van der Waals surface area contributed by atoms with Crippen LogP contribution in [-0.4, -0.2) is 32.1 Å². The maximum Gasteiger partial charge on any atom is 0.0447 e. The molecule has 0 aliphatic heterocycles. The third kappa shape index (κ3) is 5.62. The summed E-state index contributed by atoms with van der Waals surface area (Å²) in [4.78, 5) is 2.29. The van der Waals surface area contributed by atoms with E-state index >= 15 is 0 Å². The van der Waals surface area contributed by atoms with Gasteiger partial charge in [0.2, 0.25) is 0 Å². The minimum Gasteiger partial charge on any atom is -0.388 e. The van der Waals surface area contributed by atoms with Gasteiger partial charge in [-0.1, -0.05) is 63.4 Å². The summed E-state index contributed by atoms with van der Waals surface area (Å²) in [6.45, 7) is 26.2. The van der Waals surface area contributed by atoms with Crippen LogP contribution in [0.3, 0.4) is 0 Å². The Labute approximate surface area is 207 Å². The molecule has 1 N–H and O–H groups in total. The number of halogens is 1. The fourth-order valence-electron chi connectivity index (χ4n) is 5.03. The molecule has 33 heavy (non-hydrogen) atoms. The zero-order chi connectivity index (χ0) is 25.0. The largest absolute Gasteiger partial charge is 0.388 e. The van der Waals surface area contributed by atoms with Gasteiger partial charge in [0.1, 0.15) is 0 Å². The number of allylic oxidation sites excluding steroid dienone is 5. The normalized spacial score (nSPS) is 26.1. The molecular formula is C30H41ClN2. The zero-order valence-electron chi connectivity index (χ0n) is 21.6. The van der Waals surface area contributed by atoms with E-state index in [0.717, 1.165) is 45.9 Å². The van der Waals surface area contributed by atoms with Crippen molar-refractivity contribution in [3.05, 3.63) is 100 Å². The maximum atomic E-state index is 6.86. The van der Waals surface area contributed by atoms with E-state index in [0.29, 0.717) is 0 Å². The molecule has 0 saturated heterocycles. The Bertz CT molecular complexity index is 1020. The first-order valence-electron chi connectivity index (χ1n) is 11.7. The first kappa shape index (κ1) is 27.0. The SMILES string of the molecule is C=CC/C1=C\C(C)C(=C)/C(C(=C)NC)=C(/C)C(N(C)C)CC(C)c2c(Cl)ccc(C)c2C1=C. The summed E-state index contributed by atoms with van der Waals surface area (Å²) in [7, 11) is 6.20. The lowest BCUT2D eigenvalue weighted by molar-refractivity contribution is 0.301. The van der Waals surface area contributed by atoms with Crippen LogP contribution in [0.4, 0.5) is 0 Å². The number of nitrogens with zero attached hydrogens (tertiary/aromatic N) is 1. The number of hydrogen-bond donors (Lipinski definition) is 1. The number of likely N-dealkylation sites (N-methyl/N-ethyl adjacent to an activating group) is 2. The minimum absolute atomic E-state index is 0.106. The molecule has 0 aromatic heterocycles. The van der Waals surface area contributed by atoms with Gasteiger partial charge in [0.05, 0.1) is 0 Å². The van der Waals surface area contributed by atoms with Gasteiger partial charge >= 0.3 is 0 Å². The van der Waals surface area contributed by atoms with Crippen molar-refractivity contribution in [2.45, 2.75) is 52.5 Å². The molecule has 0 amide bonds. The predicted octanol–water partition coefficient (Wildman–Crippen LogP) is 7.84. The zero-order valence-corrected chi connectivity index (χ0v) is 22.4. The van der Waals surface area contributed by atoms with Crippen LogP contribution >= 0.6 is 11.6 Å². The number of benzene rings is 1. The van der Waals surface area contributed by atoms with Crippen molar-refractivity contribution in [2.75, 3.05) is 21.1 Å². The van der Waals surface area contributed by atoms with Crippen LogP contribution in [0.25, 0.3) is 5.57 Å². The molecule has 0 fully saturated rings. The molecule has 3 heteroatoms. The highest BCUT2D eigenvalue weighted by atomic mass is 35.5. The van der Waals surface area contributed by atoms with Gasteiger partial charge in [-0.15, -0.1) is 6.58 Å². The average Bonchev–Trinajstić information content (AvgIpc) is 2.76. The third-order valence-electron chi connectivity index (χ3n) is 6.97. The lowest BCUT2D eigenvalue weighted by Gasteiger charge is -2.33. The fourth-order valence-corrected chi connectivity index (χ4v) is 5.37. The van der Waals surface area contributed by atoms with E-state index in [4.69, 9.17) is 11.6 Å². The second kappa shape index (κ2) is 11.2. The van der Waals surface area contributed by atoms with Gasteiger partial charge in [0.15, 0.2) is 0 Å². The average molecular weight is 465 g/mol. The van der Waals surface area contributed by atoms with Crippen LogP contribution in [0.15, 0.2) is 78.6 Å². The molecule has 0 bridgehead atoms. The van der Waals surface area contributed by atoms with Crippen molar-refractivity contribution in [2.24, 2.45) is 5.92 Å². The van der Waals surface area contributed by atoms with Gasteiger partial charge in [-0.05, 0) is 97.7 Å². The molecule has 3 unspecified atom stereocenters. The van der Waals surface area contributed by atoms with E-state index in [-0.39, 0.29) is 17.9 Å². The summed E-state index contributed by atoms with van der Waals surface area (Å²) in [6, 6.07) is 4.33. The smallest absolute Gasteiger partial charge is 0.0447 e. The Morgan fingerprint density at radius 1 is 1.21 bits per heavy atom. The number of hydrogen-bond acceptors (Lipinski definition) is 2. The van der Waals surface area contributed by atoms with Crippen molar-refractivity contribution < 1.29 is 0 Å². The molecule has 0 heterocycles. The van der Waals surface area contributed by atoms with Crippen LogP contribution in [0, 0.1) is 12.8 Å². The van der Waals surface area contributed by atoms with Crippen LogP contribution in [0.5, 0.6) is 0 Å². The first-order valence-corrected chi connectivity index (χ1v) is 12.1. The molecule has 1 aliphatic rings. The summed E-state index contributed by atoms with van der Waals surface area (Å²) in [6.07, 6.45) is 5.88. The number of fused-ring (bicyclic) bond motifs is 1. The first-order chi connectivity index (χ1) is 15.5. The molecule has 0 spiro atoms. The molecule has 178 valence electrons. The van der Waals surface area contributed by atoms with Gasteiger partial charge in [0, 0.05) is 29.4 Å².